The van der Waals surface area contributed by atoms with Crippen LogP contribution in [0.2, 0.25) is 0 Å². The first-order valence-electron chi connectivity index (χ1n) is 6.14. The van der Waals surface area contributed by atoms with Crippen LogP contribution >= 0.6 is 0 Å². The minimum absolute atomic E-state index is 0.000439. The molecule has 4 N–H and O–H groups in total. The third-order valence-corrected chi connectivity index (χ3v) is 3.40. The highest BCUT2D eigenvalue weighted by molar-refractivity contribution is 5.95. The number of carbonyl (C=O) groups is 1. The van der Waals surface area contributed by atoms with Gasteiger partial charge in [-0.05, 0) is 37.5 Å². The van der Waals surface area contributed by atoms with Gasteiger partial charge in [-0.15, -0.1) is 0 Å². The van der Waals surface area contributed by atoms with E-state index in [-0.39, 0.29) is 18.2 Å². The third kappa shape index (κ3) is 2.41. The van der Waals surface area contributed by atoms with Gasteiger partial charge in [0, 0.05) is 12.2 Å². The van der Waals surface area contributed by atoms with Crippen LogP contribution in [0.1, 0.15) is 29.6 Å². The molecule has 0 amide bonds. The second-order valence-corrected chi connectivity index (χ2v) is 4.61. The summed E-state index contributed by atoms with van der Waals surface area (Å²) in [6.45, 7) is 0.818. The summed E-state index contributed by atoms with van der Waals surface area (Å²) < 4.78 is 0. The Morgan fingerprint density at radius 3 is 2.89 bits per heavy atom. The third-order valence-electron chi connectivity index (χ3n) is 3.40. The van der Waals surface area contributed by atoms with Crippen LogP contribution in [0.5, 0.6) is 0 Å². The molecule has 1 atom stereocenters. The predicted molar refractivity (Wildman–Crippen MR) is 69.9 cm³/mol. The second-order valence-electron chi connectivity index (χ2n) is 4.61. The summed E-state index contributed by atoms with van der Waals surface area (Å²) in [7, 11) is 0. The normalized spacial score (nSPS) is 19.8. The van der Waals surface area contributed by atoms with Gasteiger partial charge in [-0.1, -0.05) is 0 Å². The first-order chi connectivity index (χ1) is 8.63. The number of anilines is 2. The molecule has 2 rings (SSSR count). The van der Waals surface area contributed by atoms with Crippen molar-refractivity contribution < 1.29 is 15.0 Å². The lowest BCUT2D eigenvalue weighted by Crippen LogP contribution is -2.42. The van der Waals surface area contributed by atoms with Crippen LogP contribution in [0.4, 0.5) is 11.4 Å². The Hall–Kier alpha value is -1.75. The minimum atomic E-state index is -0.987. The Labute approximate surface area is 106 Å². The van der Waals surface area contributed by atoms with Crippen LogP contribution in [-0.4, -0.2) is 35.4 Å². The summed E-state index contributed by atoms with van der Waals surface area (Å²) in [5.74, 6) is -0.987. The van der Waals surface area contributed by atoms with Gasteiger partial charge in [0.2, 0.25) is 0 Å². The predicted octanol–water partition coefficient (Wildman–Crippen LogP) is 1.32. The molecule has 1 aliphatic rings. The van der Waals surface area contributed by atoms with Gasteiger partial charge in [0.15, 0.2) is 0 Å². The topological polar surface area (TPSA) is 86.8 Å². The number of hydrogen-bond acceptors (Lipinski definition) is 4. The quantitative estimate of drug-likeness (QED) is 0.704. The molecule has 0 aromatic heterocycles. The first-order valence-corrected chi connectivity index (χ1v) is 6.14. The van der Waals surface area contributed by atoms with Gasteiger partial charge >= 0.3 is 5.97 Å². The number of nitrogen functional groups attached to an aromatic ring is 1. The first kappa shape index (κ1) is 12.7. The second kappa shape index (κ2) is 5.27. The van der Waals surface area contributed by atoms with Crippen LogP contribution in [0.25, 0.3) is 0 Å². The van der Waals surface area contributed by atoms with E-state index < -0.39 is 5.97 Å². The van der Waals surface area contributed by atoms with Crippen molar-refractivity contribution in [2.45, 2.75) is 25.3 Å². The van der Waals surface area contributed by atoms with Crippen molar-refractivity contribution in [1.29, 1.82) is 0 Å². The molecule has 0 saturated carbocycles. The number of aliphatic hydroxyl groups is 1. The Balaban J connectivity index is 2.39. The zero-order chi connectivity index (χ0) is 13.1. The summed E-state index contributed by atoms with van der Waals surface area (Å²) in [5, 5.41) is 18.6. The molecule has 1 heterocycles. The number of piperidine rings is 1. The monoisotopic (exact) mass is 250 g/mol. The number of carboxylic acid groups (broad SMARTS) is 1. The maximum absolute atomic E-state index is 11.3. The summed E-state index contributed by atoms with van der Waals surface area (Å²) >= 11 is 0. The average molecular weight is 250 g/mol. The van der Waals surface area contributed by atoms with Crippen molar-refractivity contribution in [2.75, 3.05) is 23.8 Å². The number of hydrogen-bond donors (Lipinski definition) is 3. The molecule has 0 bridgehead atoms. The number of carboxylic acids is 1. The number of aromatic carboxylic acids is 1. The van der Waals surface area contributed by atoms with Crippen LogP contribution < -0.4 is 10.6 Å². The molecule has 1 saturated heterocycles. The summed E-state index contributed by atoms with van der Waals surface area (Å²) in [6, 6.07) is 4.90. The highest BCUT2D eigenvalue weighted by atomic mass is 16.4. The van der Waals surface area contributed by atoms with E-state index in [9.17, 15) is 15.0 Å². The molecule has 1 aromatic carbocycles. The molecular formula is C13H18N2O3. The zero-order valence-electron chi connectivity index (χ0n) is 10.2. The van der Waals surface area contributed by atoms with E-state index in [1.165, 1.54) is 6.07 Å². The lowest BCUT2D eigenvalue weighted by Gasteiger charge is -2.37. The van der Waals surface area contributed by atoms with Crippen molar-refractivity contribution in [3.63, 3.8) is 0 Å². The number of rotatable bonds is 3. The standard InChI is InChI=1S/C13H18N2O3/c14-9-4-5-12(11(7-9)13(17)18)15-6-2-1-3-10(15)8-16/h4-5,7,10,16H,1-3,6,8,14H2,(H,17,18). The minimum Gasteiger partial charge on any atom is -0.478 e. The molecule has 1 unspecified atom stereocenters. The smallest absolute Gasteiger partial charge is 0.337 e. The van der Waals surface area contributed by atoms with Gasteiger partial charge in [0.1, 0.15) is 0 Å². The van der Waals surface area contributed by atoms with E-state index in [4.69, 9.17) is 5.73 Å². The van der Waals surface area contributed by atoms with Crippen LogP contribution in [0.3, 0.4) is 0 Å². The Morgan fingerprint density at radius 1 is 1.44 bits per heavy atom. The summed E-state index contributed by atoms with van der Waals surface area (Å²) in [6.07, 6.45) is 2.97. The molecule has 0 aliphatic carbocycles. The van der Waals surface area contributed by atoms with Gasteiger partial charge in [-0.2, -0.15) is 0 Å². The van der Waals surface area contributed by atoms with E-state index in [2.05, 4.69) is 0 Å². The number of aliphatic hydroxyl groups excluding tert-OH is 1. The van der Waals surface area contributed by atoms with Crippen molar-refractivity contribution in [1.82, 2.24) is 0 Å². The molecule has 1 aliphatic heterocycles. The maximum Gasteiger partial charge on any atom is 0.337 e. The van der Waals surface area contributed by atoms with Gasteiger partial charge < -0.3 is 20.8 Å². The van der Waals surface area contributed by atoms with E-state index in [0.717, 1.165) is 25.8 Å². The highest BCUT2D eigenvalue weighted by Gasteiger charge is 2.25. The molecule has 5 heteroatoms. The molecular weight excluding hydrogens is 232 g/mol. The van der Waals surface area contributed by atoms with E-state index in [0.29, 0.717) is 11.4 Å². The Morgan fingerprint density at radius 2 is 2.22 bits per heavy atom. The Kier molecular flexibility index (Phi) is 3.72. The molecule has 98 valence electrons. The van der Waals surface area contributed by atoms with Gasteiger partial charge in [0.05, 0.1) is 23.9 Å². The molecule has 0 radical (unpaired) electrons. The lowest BCUT2D eigenvalue weighted by atomic mass is 10.00. The molecule has 5 nitrogen and oxygen atoms in total. The Bertz CT molecular complexity index is 448. The lowest BCUT2D eigenvalue weighted by molar-refractivity contribution is 0.0697. The molecule has 1 fully saturated rings. The zero-order valence-corrected chi connectivity index (χ0v) is 10.2. The van der Waals surface area contributed by atoms with Gasteiger partial charge in [-0.3, -0.25) is 0 Å². The average Bonchev–Trinajstić information content (AvgIpc) is 2.38. The van der Waals surface area contributed by atoms with Crippen molar-refractivity contribution in [3.05, 3.63) is 23.8 Å². The van der Waals surface area contributed by atoms with Gasteiger partial charge in [-0.25, -0.2) is 4.79 Å². The van der Waals surface area contributed by atoms with E-state index in [1.54, 1.807) is 12.1 Å². The summed E-state index contributed by atoms with van der Waals surface area (Å²) in [5.41, 5.74) is 6.92. The van der Waals surface area contributed by atoms with Crippen molar-refractivity contribution >= 4 is 17.3 Å². The number of benzene rings is 1. The van der Waals surface area contributed by atoms with Crippen molar-refractivity contribution in [2.24, 2.45) is 0 Å². The molecule has 1 aromatic rings. The largest absolute Gasteiger partial charge is 0.478 e. The van der Waals surface area contributed by atoms with E-state index >= 15 is 0 Å². The fourth-order valence-electron chi connectivity index (χ4n) is 2.48. The van der Waals surface area contributed by atoms with Crippen molar-refractivity contribution in [3.8, 4) is 0 Å². The summed E-state index contributed by atoms with van der Waals surface area (Å²) in [4.78, 5) is 13.2. The fraction of sp³-hybridized carbons (Fsp3) is 0.462. The van der Waals surface area contributed by atoms with Gasteiger partial charge in [0.25, 0.3) is 0 Å². The molecule has 0 spiro atoms. The maximum atomic E-state index is 11.3. The molecule has 18 heavy (non-hydrogen) atoms. The number of nitrogens with two attached hydrogens (primary N) is 1. The van der Waals surface area contributed by atoms with Crippen LogP contribution in [-0.2, 0) is 0 Å². The fourth-order valence-corrected chi connectivity index (χ4v) is 2.48. The number of nitrogens with zero attached hydrogens (tertiary/aromatic N) is 1. The van der Waals surface area contributed by atoms with E-state index in [1.807, 2.05) is 4.90 Å². The van der Waals surface area contributed by atoms with Crippen LogP contribution in [0.15, 0.2) is 18.2 Å². The SMILES string of the molecule is Nc1ccc(N2CCCCC2CO)c(C(=O)O)c1. The highest BCUT2D eigenvalue weighted by Crippen LogP contribution is 2.29. The van der Waals surface area contributed by atoms with Crippen LogP contribution in [0, 0.1) is 0 Å².